The van der Waals surface area contributed by atoms with E-state index >= 15 is 0 Å². The van der Waals surface area contributed by atoms with Crippen LogP contribution in [0, 0.1) is 0 Å². The highest BCUT2D eigenvalue weighted by atomic mass is 79.9. The molecule has 2 aromatic rings. The zero-order valence-corrected chi connectivity index (χ0v) is 15.4. The minimum absolute atomic E-state index is 0.0810. The third-order valence-electron chi connectivity index (χ3n) is 3.13. The molecule has 0 aliphatic heterocycles. The topological polar surface area (TPSA) is 64.6 Å². The second-order valence-corrected chi connectivity index (χ2v) is 6.21. The van der Waals surface area contributed by atoms with Crippen molar-refractivity contribution in [1.82, 2.24) is 0 Å². The average Bonchev–Trinajstić information content (AvgIpc) is 2.55. The Bertz CT molecular complexity index is 779. The smallest absolute Gasteiger partial charge is 0.262 e. The van der Waals surface area contributed by atoms with Gasteiger partial charge in [-0.25, -0.2) is 0 Å². The van der Waals surface area contributed by atoms with E-state index in [1.165, 1.54) is 14.0 Å². The molecular weight excluding hydrogens is 398 g/mol. The summed E-state index contributed by atoms with van der Waals surface area (Å²) in [6.45, 7) is 1.24. The number of halogens is 2. The van der Waals surface area contributed by atoms with Crippen molar-refractivity contribution in [2.24, 2.45) is 0 Å². The first-order chi connectivity index (χ1) is 11.4. The van der Waals surface area contributed by atoms with E-state index in [0.29, 0.717) is 27.8 Å². The number of ether oxygens (including phenoxy) is 2. The molecule has 0 aliphatic rings. The van der Waals surface area contributed by atoms with E-state index < -0.39 is 0 Å². The Morgan fingerprint density at radius 3 is 2.54 bits per heavy atom. The number of amides is 1. The van der Waals surface area contributed by atoms with Gasteiger partial charge in [-0.2, -0.15) is 0 Å². The van der Waals surface area contributed by atoms with Gasteiger partial charge >= 0.3 is 0 Å². The number of hydrogen-bond donors (Lipinski definition) is 1. The summed E-state index contributed by atoms with van der Waals surface area (Å²) in [6, 6.07) is 9.92. The van der Waals surface area contributed by atoms with Crippen LogP contribution in [-0.4, -0.2) is 25.4 Å². The highest BCUT2D eigenvalue weighted by Gasteiger charge is 2.11. The van der Waals surface area contributed by atoms with Crippen LogP contribution in [0.5, 0.6) is 11.5 Å². The fraction of sp³-hybridized carbons (Fsp3) is 0.176. The van der Waals surface area contributed by atoms with Crippen LogP contribution in [0.3, 0.4) is 0 Å². The monoisotopic (exact) mass is 411 g/mol. The fourth-order valence-electron chi connectivity index (χ4n) is 1.93. The number of nitrogens with one attached hydrogen (secondary N) is 1. The van der Waals surface area contributed by atoms with Gasteiger partial charge in [-0.3, -0.25) is 9.59 Å². The number of benzene rings is 2. The van der Waals surface area contributed by atoms with Gasteiger partial charge in [-0.05, 0) is 43.3 Å². The van der Waals surface area contributed by atoms with Crippen molar-refractivity contribution in [1.29, 1.82) is 0 Å². The zero-order valence-electron chi connectivity index (χ0n) is 13.1. The second-order valence-electron chi connectivity index (χ2n) is 4.88. The van der Waals surface area contributed by atoms with Crippen molar-refractivity contribution in [3.63, 3.8) is 0 Å². The molecule has 0 bridgehead atoms. The first-order valence-electron chi connectivity index (χ1n) is 6.97. The number of methoxy groups -OCH3 is 1. The predicted molar refractivity (Wildman–Crippen MR) is 96.3 cm³/mol. The summed E-state index contributed by atoms with van der Waals surface area (Å²) in [4.78, 5) is 23.4. The van der Waals surface area contributed by atoms with E-state index in [1.54, 1.807) is 36.4 Å². The maximum absolute atomic E-state index is 12.0. The molecule has 1 N–H and O–H groups in total. The first-order valence-corrected chi connectivity index (χ1v) is 8.14. The number of Topliss-reactive ketones (excluding diaryl/α,β-unsaturated/α-hetero) is 1. The van der Waals surface area contributed by atoms with Gasteiger partial charge in [0.25, 0.3) is 5.91 Å². The predicted octanol–water partition coefficient (Wildman–Crippen LogP) is 4.33. The third kappa shape index (κ3) is 4.72. The molecule has 0 atom stereocenters. The van der Waals surface area contributed by atoms with Crippen molar-refractivity contribution in [2.45, 2.75) is 6.92 Å². The summed E-state index contributed by atoms with van der Waals surface area (Å²) in [5.74, 6) is 0.316. The van der Waals surface area contributed by atoms with Gasteiger partial charge in [0.1, 0.15) is 0 Å². The molecule has 0 saturated carbocycles. The maximum atomic E-state index is 12.0. The van der Waals surface area contributed by atoms with E-state index in [2.05, 4.69) is 21.2 Å². The molecular formula is C17H15BrClNO4. The Morgan fingerprint density at radius 1 is 1.17 bits per heavy atom. The SMILES string of the molecule is COc1cc(C(C)=O)ccc1OCC(=O)Nc1ccc(Br)cc1Cl. The first kappa shape index (κ1) is 18.3. The lowest BCUT2D eigenvalue weighted by Gasteiger charge is -2.12. The van der Waals surface area contributed by atoms with E-state index in [9.17, 15) is 9.59 Å². The van der Waals surface area contributed by atoms with Gasteiger partial charge in [0, 0.05) is 10.0 Å². The molecule has 0 unspecified atom stereocenters. The lowest BCUT2D eigenvalue weighted by Crippen LogP contribution is -2.20. The van der Waals surface area contributed by atoms with E-state index in [4.69, 9.17) is 21.1 Å². The average molecular weight is 413 g/mol. The van der Waals surface area contributed by atoms with Gasteiger partial charge in [0.2, 0.25) is 0 Å². The summed E-state index contributed by atoms with van der Waals surface area (Å²) in [5.41, 5.74) is 0.998. The van der Waals surface area contributed by atoms with Gasteiger partial charge in [0.15, 0.2) is 23.9 Å². The molecule has 1 amide bonds. The molecule has 2 rings (SSSR count). The van der Waals surface area contributed by atoms with Crippen LogP contribution in [0.4, 0.5) is 5.69 Å². The highest BCUT2D eigenvalue weighted by Crippen LogP contribution is 2.29. The highest BCUT2D eigenvalue weighted by molar-refractivity contribution is 9.10. The Kier molecular flexibility index (Phi) is 6.23. The summed E-state index contributed by atoms with van der Waals surface area (Å²) < 4.78 is 11.5. The molecule has 126 valence electrons. The quantitative estimate of drug-likeness (QED) is 0.717. The summed E-state index contributed by atoms with van der Waals surface area (Å²) >= 11 is 9.34. The van der Waals surface area contributed by atoms with Crippen LogP contribution in [-0.2, 0) is 4.79 Å². The molecule has 0 aromatic heterocycles. The third-order valence-corrected chi connectivity index (χ3v) is 3.94. The molecule has 24 heavy (non-hydrogen) atoms. The summed E-state index contributed by atoms with van der Waals surface area (Å²) in [5, 5.41) is 3.08. The number of carbonyl (C=O) groups is 2. The van der Waals surface area contributed by atoms with Gasteiger partial charge in [-0.1, -0.05) is 27.5 Å². The molecule has 0 fully saturated rings. The summed E-state index contributed by atoms with van der Waals surface area (Å²) in [7, 11) is 1.47. The van der Waals surface area contributed by atoms with Gasteiger partial charge < -0.3 is 14.8 Å². The Labute approximate surface area is 153 Å². The maximum Gasteiger partial charge on any atom is 0.262 e. The molecule has 7 heteroatoms. The van der Waals surface area contributed by atoms with Crippen LogP contribution in [0.15, 0.2) is 40.9 Å². The molecule has 0 aliphatic carbocycles. The number of ketones is 1. The van der Waals surface area contributed by atoms with Crippen LogP contribution < -0.4 is 14.8 Å². The van der Waals surface area contributed by atoms with Gasteiger partial charge in [0.05, 0.1) is 17.8 Å². The Hall–Kier alpha value is -2.05. The zero-order chi connectivity index (χ0) is 17.7. The van der Waals surface area contributed by atoms with Crippen molar-refractivity contribution in [3.8, 4) is 11.5 Å². The van der Waals surface area contributed by atoms with Crippen LogP contribution in [0.2, 0.25) is 5.02 Å². The van der Waals surface area contributed by atoms with Crippen LogP contribution in [0.1, 0.15) is 17.3 Å². The minimum Gasteiger partial charge on any atom is -0.493 e. The van der Waals surface area contributed by atoms with E-state index in [0.717, 1.165) is 4.47 Å². The molecule has 0 spiro atoms. The number of carbonyl (C=O) groups excluding carboxylic acids is 2. The van der Waals surface area contributed by atoms with Crippen LogP contribution >= 0.6 is 27.5 Å². The number of anilines is 1. The number of hydrogen-bond acceptors (Lipinski definition) is 4. The van der Waals surface area contributed by atoms with Crippen molar-refractivity contribution in [2.75, 3.05) is 19.0 Å². The van der Waals surface area contributed by atoms with Crippen LogP contribution in [0.25, 0.3) is 0 Å². The number of rotatable bonds is 6. The van der Waals surface area contributed by atoms with Gasteiger partial charge in [-0.15, -0.1) is 0 Å². The lowest BCUT2D eigenvalue weighted by atomic mass is 10.1. The van der Waals surface area contributed by atoms with Crippen molar-refractivity contribution >= 4 is 44.9 Å². The minimum atomic E-state index is -0.364. The Morgan fingerprint density at radius 2 is 1.92 bits per heavy atom. The molecule has 0 radical (unpaired) electrons. The fourth-order valence-corrected chi connectivity index (χ4v) is 2.65. The molecule has 0 saturated heterocycles. The Balaban J connectivity index is 2.02. The van der Waals surface area contributed by atoms with E-state index in [1.807, 2.05) is 0 Å². The lowest BCUT2D eigenvalue weighted by molar-refractivity contribution is -0.118. The molecule has 0 heterocycles. The van der Waals surface area contributed by atoms with Crippen molar-refractivity contribution < 1.29 is 19.1 Å². The molecule has 5 nitrogen and oxygen atoms in total. The standard InChI is InChI=1S/C17H15BrClNO4/c1-10(21)11-3-6-15(16(7-11)23-2)24-9-17(22)20-14-5-4-12(18)8-13(14)19/h3-8H,9H2,1-2H3,(H,20,22). The molecule has 2 aromatic carbocycles. The van der Waals surface area contributed by atoms with E-state index in [-0.39, 0.29) is 18.3 Å². The normalized spacial score (nSPS) is 10.2. The van der Waals surface area contributed by atoms with Crippen molar-refractivity contribution in [3.05, 3.63) is 51.5 Å². The summed E-state index contributed by atoms with van der Waals surface area (Å²) in [6.07, 6.45) is 0. The second kappa shape index (κ2) is 8.17. The largest absolute Gasteiger partial charge is 0.493 e.